The Hall–Kier alpha value is -2.25. The van der Waals surface area contributed by atoms with Crippen molar-refractivity contribution in [3.05, 3.63) is 52.0 Å². The fourth-order valence-corrected chi connectivity index (χ4v) is 2.74. The van der Waals surface area contributed by atoms with Crippen LogP contribution in [-0.4, -0.2) is 19.9 Å². The lowest BCUT2D eigenvalue weighted by atomic mass is 10.2. The summed E-state index contributed by atoms with van der Waals surface area (Å²) in [7, 11) is 0. The third-order valence-corrected chi connectivity index (χ3v) is 3.98. The number of aromatic amines is 1. The van der Waals surface area contributed by atoms with Crippen molar-refractivity contribution < 1.29 is 8.81 Å². The molecule has 5 nitrogen and oxygen atoms in total. The minimum atomic E-state index is -0.457. The second-order valence-corrected chi connectivity index (χ2v) is 5.94. The molecule has 0 atom stereocenters. The highest BCUT2D eigenvalue weighted by Gasteiger charge is 2.16. The van der Waals surface area contributed by atoms with Gasteiger partial charge in [0.2, 0.25) is 5.89 Å². The number of halogens is 3. The van der Waals surface area contributed by atoms with E-state index in [1.54, 1.807) is 18.2 Å². The maximum absolute atomic E-state index is 14.0. The maximum atomic E-state index is 14.0. The fourth-order valence-electron chi connectivity index (χ4n) is 2.19. The van der Waals surface area contributed by atoms with Crippen LogP contribution in [0.3, 0.4) is 0 Å². The smallest absolute Gasteiger partial charge is 0.247 e. The van der Waals surface area contributed by atoms with Crippen LogP contribution in [0, 0.1) is 5.82 Å². The van der Waals surface area contributed by atoms with E-state index in [2.05, 4.69) is 35.9 Å². The molecule has 0 aliphatic heterocycles. The average Bonchev–Trinajstić information content (AvgIpc) is 3.13. The molecular formula is C15H7BrClFN4O. The van der Waals surface area contributed by atoms with Crippen LogP contribution in [0.4, 0.5) is 4.39 Å². The molecule has 0 bridgehead atoms. The molecule has 0 aliphatic carbocycles. The molecule has 1 aromatic carbocycles. The molecule has 0 aliphatic rings. The summed E-state index contributed by atoms with van der Waals surface area (Å²) in [6, 6.07) is 7.98. The largest absolute Gasteiger partial charge is 0.433 e. The number of imidazole rings is 1. The topological polar surface area (TPSA) is 67.6 Å². The van der Waals surface area contributed by atoms with Gasteiger partial charge >= 0.3 is 0 Å². The molecule has 0 amide bonds. The first kappa shape index (κ1) is 14.3. The van der Waals surface area contributed by atoms with Gasteiger partial charge in [-0.25, -0.2) is 14.4 Å². The van der Waals surface area contributed by atoms with Gasteiger partial charge in [0.05, 0.1) is 16.8 Å². The number of oxazole rings is 1. The van der Waals surface area contributed by atoms with Crippen LogP contribution in [0.5, 0.6) is 0 Å². The molecule has 4 rings (SSSR count). The zero-order valence-electron chi connectivity index (χ0n) is 11.3. The summed E-state index contributed by atoms with van der Waals surface area (Å²) in [4.78, 5) is 15.6. The van der Waals surface area contributed by atoms with E-state index in [0.717, 1.165) is 0 Å². The second-order valence-electron chi connectivity index (χ2n) is 4.72. The summed E-state index contributed by atoms with van der Waals surface area (Å²) in [6.07, 6.45) is 1.51. The van der Waals surface area contributed by atoms with Gasteiger partial charge in [-0.3, -0.25) is 0 Å². The lowest BCUT2D eigenvalue weighted by molar-refractivity contribution is 0.617. The average molecular weight is 394 g/mol. The number of hydrogen-bond donors (Lipinski definition) is 1. The van der Waals surface area contributed by atoms with E-state index in [1.165, 1.54) is 18.3 Å². The van der Waals surface area contributed by atoms with Gasteiger partial charge in [0, 0.05) is 0 Å². The molecule has 0 saturated heterocycles. The zero-order chi connectivity index (χ0) is 16.0. The summed E-state index contributed by atoms with van der Waals surface area (Å²) < 4.78 is 20.2. The SMILES string of the molecule is Fc1cccc(Cl)c1-c1ncc(-c2nc3nc(Br)ccc3o2)[nH]1. The molecule has 3 aromatic heterocycles. The van der Waals surface area contributed by atoms with Crippen molar-refractivity contribution in [2.75, 3.05) is 0 Å². The highest BCUT2D eigenvalue weighted by Crippen LogP contribution is 2.30. The Morgan fingerprint density at radius 2 is 2.04 bits per heavy atom. The third-order valence-electron chi connectivity index (χ3n) is 3.23. The number of aromatic nitrogens is 4. The highest BCUT2D eigenvalue weighted by molar-refractivity contribution is 9.10. The summed E-state index contributed by atoms with van der Waals surface area (Å²) >= 11 is 9.33. The van der Waals surface area contributed by atoms with Crippen LogP contribution in [0.15, 0.2) is 45.5 Å². The minimum absolute atomic E-state index is 0.206. The molecule has 1 N–H and O–H groups in total. The summed E-state index contributed by atoms with van der Waals surface area (Å²) in [5, 5.41) is 0.272. The fraction of sp³-hybridized carbons (Fsp3) is 0. The van der Waals surface area contributed by atoms with Crippen LogP contribution in [0.1, 0.15) is 0 Å². The van der Waals surface area contributed by atoms with Crippen LogP contribution in [-0.2, 0) is 0 Å². The molecule has 4 aromatic rings. The first-order chi connectivity index (χ1) is 11.1. The van der Waals surface area contributed by atoms with Crippen LogP contribution in [0.25, 0.3) is 34.2 Å². The summed E-state index contributed by atoms with van der Waals surface area (Å²) in [5.74, 6) is 0.165. The number of hydrogen-bond acceptors (Lipinski definition) is 4. The van der Waals surface area contributed by atoms with E-state index in [0.29, 0.717) is 33.2 Å². The van der Waals surface area contributed by atoms with Crippen molar-refractivity contribution in [3.63, 3.8) is 0 Å². The van der Waals surface area contributed by atoms with E-state index in [-0.39, 0.29) is 10.6 Å². The molecule has 0 saturated carbocycles. The predicted octanol–water partition coefficient (Wildman–Crippen LogP) is 4.83. The van der Waals surface area contributed by atoms with Crippen LogP contribution < -0.4 is 0 Å². The van der Waals surface area contributed by atoms with Crippen molar-refractivity contribution >= 4 is 38.8 Å². The number of rotatable bonds is 2. The molecule has 8 heteroatoms. The van der Waals surface area contributed by atoms with Crippen LogP contribution >= 0.6 is 27.5 Å². The highest BCUT2D eigenvalue weighted by atomic mass is 79.9. The normalized spacial score (nSPS) is 11.3. The first-order valence-electron chi connectivity index (χ1n) is 6.54. The van der Waals surface area contributed by atoms with Gasteiger partial charge in [-0.15, -0.1) is 0 Å². The van der Waals surface area contributed by atoms with Crippen molar-refractivity contribution in [1.82, 2.24) is 19.9 Å². The number of fused-ring (bicyclic) bond motifs is 1. The molecule has 0 fully saturated rings. The van der Waals surface area contributed by atoms with Gasteiger partial charge in [0.1, 0.15) is 21.9 Å². The Morgan fingerprint density at radius 1 is 1.17 bits per heavy atom. The van der Waals surface area contributed by atoms with Gasteiger partial charge in [0.15, 0.2) is 11.2 Å². The Bertz CT molecular complexity index is 1010. The Labute approximate surface area is 142 Å². The van der Waals surface area contributed by atoms with Gasteiger partial charge in [-0.2, -0.15) is 4.98 Å². The van der Waals surface area contributed by atoms with E-state index < -0.39 is 5.82 Å². The van der Waals surface area contributed by atoms with Crippen molar-refractivity contribution in [2.45, 2.75) is 0 Å². The molecule has 0 unspecified atom stereocenters. The Morgan fingerprint density at radius 3 is 2.87 bits per heavy atom. The monoisotopic (exact) mass is 392 g/mol. The van der Waals surface area contributed by atoms with Crippen molar-refractivity contribution in [2.24, 2.45) is 0 Å². The minimum Gasteiger partial charge on any atom is -0.433 e. The lowest BCUT2D eigenvalue weighted by Crippen LogP contribution is -1.88. The third kappa shape index (κ3) is 2.51. The van der Waals surface area contributed by atoms with Crippen LogP contribution in [0.2, 0.25) is 5.02 Å². The molecule has 0 spiro atoms. The second kappa shape index (κ2) is 5.43. The number of H-pyrrole nitrogens is 1. The Kier molecular flexibility index (Phi) is 3.39. The lowest BCUT2D eigenvalue weighted by Gasteiger charge is -2.01. The van der Waals surface area contributed by atoms with E-state index in [4.69, 9.17) is 16.0 Å². The van der Waals surface area contributed by atoms with Crippen molar-refractivity contribution in [1.29, 1.82) is 0 Å². The van der Waals surface area contributed by atoms with E-state index in [1.807, 2.05) is 0 Å². The predicted molar refractivity (Wildman–Crippen MR) is 87.5 cm³/mol. The first-order valence-corrected chi connectivity index (χ1v) is 7.72. The standard InChI is InChI=1S/C15H7BrClFN4O/c16-11-5-4-10-13(21-11)22-15(23-10)9-6-19-14(20-9)12-7(17)2-1-3-8(12)18/h1-6H,(H,19,20). The molecule has 0 radical (unpaired) electrons. The van der Waals surface area contributed by atoms with E-state index >= 15 is 0 Å². The number of nitrogens with one attached hydrogen (secondary N) is 1. The number of nitrogens with zero attached hydrogens (tertiary/aromatic N) is 3. The molecular weight excluding hydrogens is 387 g/mol. The van der Waals surface area contributed by atoms with Crippen molar-refractivity contribution in [3.8, 4) is 23.0 Å². The maximum Gasteiger partial charge on any atom is 0.247 e. The zero-order valence-corrected chi connectivity index (χ0v) is 13.7. The van der Waals surface area contributed by atoms with Gasteiger partial charge < -0.3 is 9.40 Å². The molecule has 23 heavy (non-hydrogen) atoms. The molecule has 3 heterocycles. The van der Waals surface area contributed by atoms with E-state index in [9.17, 15) is 4.39 Å². The van der Waals surface area contributed by atoms with Gasteiger partial charge in [0.25, 0.3) is 0 Å². The Balaban J connectivity index is 1.80. The number of pyridine rings is 1. The number of benzene rings is 1. The van der Waals surface area contributed by atoms with Gasteiger partial charge in [-0.1, -0.05) is 17.7 Å². The summed E-state index contributed by atoms with van der Waals surface area (Å²) in [6.45, 7) is 0. The quantitative estimate of drug-likeness (QED) is 0.495. The summed E-state index contributed by atoms with van der Waals surface area (Å²) in [5.41, 5.74) is 1.73. The van der Waals surface area contributed by atoms with Gasteiger partial charge in [-0.05, 0) is 40.2 Å². The molecule has 114 valence electrons.